The molecule has 2 atom stereocenters. The minimum Gasteiger partial charge on any atom is -0.311 e. The first-order chi connectivity index (χ1) is 11.3. The van der Waals surface area contributed by atoms with Crippen molar-refractivity contribution in [2.45, 2.75) is 46.5 Å². The second kappa shape index (κ2) is 4.56. The number of nitrogens with zero attached hydrogens (tertiary/aromatic N) is 1. The highest BCUT2D eigenvalue weighted by atomic mass is 16.2. The average Bonchev–Trinajstić information content (AvgIpc) is 2.85. The number of carbonyl (C=O) groups is 3. The molecule has 3 aliphatic rings. The molecule has 1 aromatic carbocycles. The molecule has 0 spiro atoms. The standard InChI is InChI=1S/C20H23NO3/c1-18(2)19(3)10-11-20(18,16(23)15(19)22)17(24)21-12-6-8-13-7-4-5-9-14(13)21/h4-5,7,9H,6,8,10-12H2,1-3H3/t19-,20-/m1/s1. The van der Waals surface area contributed by atoms with E-state index in [1.807, 2.05) is 45.0 Å². The molecular formula is C20H23NO3. The zero-order valence-corrected chi connectivity index (χ0v) is 14.5. The van der Waals surface area contributed by atoms with E-state index < -0.39 is 22.0 Å². The van der Waals surface area contributed by atoms with Gasteiger partial charge in [0.2, 0.25) is 17.5 Å². The molecule has 1 aromatic rings. The summed E-state index contributed by atoms with van der Waals surface area (Å²) in [6.07, 6.45) is 2.93. The lowest BCUT2D eigenvalue weighted by Crippen LogP contribution is -2.53. The zero-order chi connectivity index (χ0) is 17.3. The summed E-state index contributed by atoms with van der Waals surface area (Å²) >= 11 is 0. The number of para-hydroxylation sites is 1. The molecule has 2 aliphatic carbocycles. The molecule has 4 rings (SSSR count). The molecule has 0 saturated heterocycles. The lowest BCUT2D eigenvalue weighted by Gasteiger charge is -2.41. The number of ketones is 2. The molecule has 0 N–H and O–H groups in total. The van der Waals surface area contributed by atoms with Crippen molar-refractivity contribution in [2.75, 3.05) is 11.4 Å². The van der Waals surface area contributed by atoms with Gasteiger partial charge < -0.3 is 4.90 Å². The molecule has 2 bridgehead atoms. The number of rotatable bonds is 1. The van der Waals surface area contributed by atoms with Crippen LogP contribution >= 0.6 is 0 Å². The van der Waals surface area contributed by atoms with Crippen molar-refractivity contribution < 1.29 is 14.4 Å². The van der Waals surface area contributed by atoms with Crippen LogP contribution in [0.25, 0.3) is 0 Å². The fourth-order valence-electron chi connectivity index (χ4n) is 5.22. The third kappa shape index (κ3) is 1.48. The zero-order valence-electron chi connectivity index (χ0n) is 14.5. The Morgan fingerprint density at radius 3 is 2.42 bits per heavy atom. The molecule has 2 saturated carbocycles. The lowest BCUT2D eigenvalue weighted by atomic mass is 9.64. The molecule has 2 fully saturated rings. The van der Waals surface area contributed by atoms with Crippen molar-refractivity contribution >= 4 is 23.2 Å². The molecule has 0 aromatic heterocycles. The number of hydrogen-bond donors (Lipinski definition) is 0. The van der Waals surface area contributed by atoms with Crippen LogP contribution in [-0.2, 0) is 20.8 Å². The van der Waals surface area contributed by atoms with E-state index in [-0.39, 0.29) is 11.7 Å². The van der Waals surface area contributed by atoms with E-state index in [4.69, 9.17) is 0 Å². The highest BCUT2D eigenvalue weighted by Crippen LogP contribution is 2.69. The number of carbonyl (C=O) groups excluding carboxylic acids is 3. The predicted molar refractivity (Wildman–Crippen MR) is 90.7 cm³/mol. The second-order valence-corrected chi connectivity index (χ2v) is 8.21. The van der Waals surface area contributed by atoms with Crippen LogP contribution in [0, 0.1) is 16.2 Å². The minimum atomic E-state index is -1.19. The van der Waals surface area contributed by atoms with E-state index in [0.717, 1.165) is 24.1 Å². The van der Waals surface area contributed by atoms with Gasteiger partial charge in [0.15, 0.2) is 0 Å². The Bertz CT molecular complexity index is 781. The maximum Gasteiger partial charge on any atom is 0.241 e. The van der Waals surface area contributed by atoms with E-state index in [2.05, 4.69) is 0 Å². The van der Waals surface area contributed by atoms with Crippen molar-refractivity contribution in [3.8, 4) is 0 Å². The molecular weight excluding hydrogens is 302 g/mol. The maximum atomic E-state index is 13.6. The van der Waals surface area contributed by atoms with Crippen molar-refractivity contribution in [1.29, 1.82) is 0 Å². The Morgan fingerprint density at radius 1 is 1.04 bits per heavy atom. The Kier molecular flexibility index (Phi) is 2.95. The van der Waals surface area contributed by atoms with Crippen LogP contribution in [0.15, 0.2) is 24.3 Å². The quantitative estimate of drug-likeness (QED) is 0.589. The highest BCUT2D eigenvalue weighted by Gasteiger charge is 2.78. The summed E-state index contributed by atoms with van der Waals surface area (Å²) in [5.41, 5.74) is -0.501. The third-order valence-electron chi connectivity index (χ3n) is 7.26. The van der Waals surface area contributed by atoms with Crippen molar-refractivity contribution in [1.82, 2.24) is 0 Å². The summed E-state index contributed by atoms with van der Waals surface area (Å²) in [4.78, 5) is 40.9. The SMILES string of the molecule is CC1(C)[C@]2(C(=O)N3CCCc4ccccc43)CC[C@]1(C)C(=O)C2=O. The van der Waals surface area contributed by atoms with Gasteiger partial charge in [-0.05, 0) is 42.7 Å². The Balaban J connectivity index is 1.84. The van der Waals surface area contributed by atoms with Crippen molar-refractivity contribution in [3.63, 3.8) is 0 Å². The van der Waals surface area contributed by atoms with Crippen LogP contribution in [0.1, 0.15) is 45.6 Å². The normalized spacial score (nSPS) is 33.7. The van der Waals surface area contributed by atoms with Gasteiger partial charge in [-0.1, -0.05) is 39.0 Å². The predicted octanol–water partition coefficient (Wildman–Crippen LogP) is 2.93. The first-order valence-electron chi connectivity index (χ1n) is 8.76. The monoisotopic (exact) mass is 325 g/mol. The summed E-state index contributed by atoms with van der Waals surface area (Å²) < 4.78 is 0. The van der Waals surface area contributed by atoms with Crippen LogP contribution in [-0.4, -0.2) is 24.0 Å². The number of hydrogen-bond acceptors (Lipinski definition) is 3. The van der Waals surface area contributed by atoms with Gasteiger partial charge >= 0.3 is 0 Å². The van der Waals surface area contributed by atoms with Crippen molar-refractivity contribution in [2.24, 2.45) is 16.2 Å². The van der Waals surface area contributed by atoms with Gasteiger partial charge in [0.25, 0.3) is 0 Å². The number of amides is 1. The fourth-order valence-corrected chi connectivity index (χ4v) is 5.22. The van der Waals surface area contributed by atoms with Crippen molar-refractivity contribution in [3.05, 3.63) is 29.8 Å². The molecule has 0 unspecified atom stereocenters. The maximum absolute atomic E-state index is 13.6. The Morgan fingerprint density at radius 2 is 1.75 bits per heavy atom. The summed E-state index contributed by atoms with van der Waals surface area (Å²) in [6.45, 7) is 6.33. The number of aryl methyl sites for hydroxylation is 1. The highest BCUT2D eigenvalue weighted by molar-refractivity contribution is 6.49. The average molecular weight is 325 g/mol. The van der Waals surface area contributed by atoms with Gasteiger partial charge in [-0.3, -0.25) is 14.4 Å². The molecule has 4 heteroatoms. The molecule has 1 amide bonds. The van der Waals surface area contributed by atoms with Crippen LogP contribution in [0.5, 0.6) is 0 Å². The third-order valence-corrected chi connectivity index (χ3v) is 7.26. The van der Waals surface area contributed by atoms with Gasteiger partial charge in [0.1, 0.15) is 5.41 Å². The smallest absolute Gasteiger partial charge is 0.241 e. The first-order valence-corrected chi connectivity index (χ1v) is 8.76. The fraction of sp³-hybridized carbons (Fsp3) is 0.550. The van der Waals surface area contributed by atoms with Gasteiger partial charge in [-0.2, -0.15) is 0 Å². The molecule has 1 heterocycles. The van der Waals surface area contributed by atoms with Crippen LogP contribution in [0.3, 0.4) is 0 Å². The largest absolute Gasteiger partial charge is 0.311 e. The molecule has 1 aliphatic heterocycles. The molecule has 126 valence electrons. The number of anilines is 1. The number of Topliss-reactive ketones (excluding diaryl/α,β-unsaturated/α-hetero) is 2. The molecule has 0 radical (unpaired) electrons. The minimum absolute atomic E-state index is 0.167. The number of benzene rings is 1. The van der Waals surface area contributed by atoms with E-state index in [1.54, 1.807) is 4.90 Å². The summed E-state index contributed by atoms with van der Waals surface area (Å²) in [7, 11) is 0. The van der Waals surface area contributed by atoms with Gasteiger partial charge in [0, 0.05) is 17.6 Å². The molecule has 4 nitrogen and oxygen atoms in total. The second-order valence-electron chi connectivity index (χ2n) is 8.21. The van der Waals surface area contributed by atoms with Crippen LogP contribution in [0.2, 0.25) is 0 Å². The van der Waals surface area contributed by atoms with E-state index in [9.17, 15) is 14.4 Å². The summed E-state index contributed by atoms with van der Waals surface area (Å²) in [5.74, 6) is -0.981. The van der Waals surface area contributed by atoms with Gasteiger partial charge in [0.05, 0.1) is 0 Å². The van der Waals surface area contributed by atoms with Gasteiger partial charge in [-0.15, -0.1) is 0 Å². The lowest BCUT2D eigenvalue weighted by molar-refractivity contribution is -0.148. The van der Waals surface area contributed by atoms with E-state index >= 15 is 0 Å². The van der Waals surface area contributed by atoms with Crippen LogP contribution in [0.4, 0.5) is 5.69 Å². The Hall–Kier alpha value is -1.97. The van der Waals surface area contributed by atoms with Crippen LogP contribution < -0.4 is 4.90 Å². The van der Waals surface area contributed by atoms with Gasteiger partial charge in [-0.25, -0.2) is 0 Å². The number of fused-ring (bicyclic) bond motifs is 3. The summed E-state index contributed by atoms with van der Waals surface area (Å²) in [5, 5.41) is 0. The summed E-state index contributed by atoms with van der Waals surface area (Å²) in [6, 6.07) is 7.89. The molecule has 24 heavy (non-hydrogen) atoms. The van der Waals surface area contributed by atoms with E-state index in [0.29, 0.717) is 19.4 Å². The first kappa shape index (κ1) is 15.6. The topological polar surface area (TPSA) is 54.5 Å². The van der Waals surface area contributed by atoms with E-state index in [1.165, 1.54) is 0 Å². The Labute approximate surface area is 142 Å².